The molecule has 0 aromatic heterocycles. The number of esters is 1. The zero-order valence-electron chi connectivity index (χ0n) is 15.7. The van der Waals surface area contributed by atoms with Crippen LogP contribution in [0.25, 0.3) is 0 Å². The second-order valence-electron chi connectivity index (χ2n) is 6.17. The Kier molecular flexibility index (Phi) is 6.56. The Morgan fingerprint density at radius 2 is 1.90 bits per heavy atom. The highest BCUT2D eigenvalue weighted by molar-refractivity contribution is 8.15. The van der Waals surface area contributed by atoms with Crippen LogP contribution in [-0.2, 0) is 14.3 Å². The summed E-state index contributed by atoms with van der Waals surface area (Å²) in [4.78, 5) is 42.2. The fourth-order valence-corrected chi connectivity index (χ4v) is 3.97. The van der Waals surface area contributed by atoms with Gasteiger partial charge in [0.1, 0.15) is 5.25 Å². The van der Waals surface area contributed by atoms with Crippen LogP contribution < -0.4 is 5.32 Å². The van der Waals surface area contributed by atoms with Crippen LogP contribution in [0.4, 0.5) is 11.4 Å². The number of hydrogen-bond acceptors (Lipinski definition) is 6. The number of carbonyl (C=O) groups is 3. The summed E-state index contributed by atoms with van der Waals surface area (Å²) in [7, 11) is 2.93. The molecule has 2 aromatic carbocycles. The van der Waals surface area contributed by atoms with Crippen molar-refractivity contribution < 1.29 is 19.1 Å². The van der Waals surface area contributed by atoms with Crippen LogP contribution in [0.2, 0.25) is 5.02 Å². The number of nitrogens with zero attached hydrogens (tertiary/aromatic N) is 2. The molecule has 1 fully saturated rings. The number of amidine groups is 1. The van der Waals surface area contributed by atoms with Crippen molar-refractivity contribution >= 4 is 57.7 Å². The second kappa shape index (κ2) is 9.11. The van der Waals surface area contributed by atoms with E-state index in [0.29, 0.717) is 27.1 Å². The molecule has 0 saturated carbocycles. The Hall–Kier alpha value is -2.84. The van der Waals surface area contributed by atoms with Gasteiger partial charge in [0.2, 0.25) is 11.8 Å². The quantitative estimate of drug-likeness (QED) is 0.729. The van der Waals surface area contributed by atoms with E-state index in [0.717, 1.165) is 0 Å². The summed E-state index contributed by atoms with van der Waals surface area (Å²) in [5, 5.41) is 3.06. The highest BCUT2D eigenvalue weighted by Crippen LogP contribution is 2.31. The maximum atomic E-state index is 12.5. The van der Waals surface area contributed by atoms with Gasteiger partial charge in [-0.3, -0.25) is 14.5 Å². The molecular weight excluding hydrogens is 414 g/mol. The molecule has 1 saturated heterocycles. The van der Waals surface area contributed by atoms with E-state index >= 15 is 0 Å². The highest BCUT2D eigenvalue weighted by atomic mass is 35.5. The van der Waals surface area contributed by atoms with Crippen LogP contribution in [0, 0.1) is 0 Å². The predicted octanol–water partition coefficient (Wildman–Crippen LogP) is 3.72. The smallest absolute Gasteiger partial charge is 0.337 e. The topological polar surface area (TPSA) is 88.1 Å². The summed E-state index contributed by atoms with van der Waals surface area (Å²) in [6, 6.07) is 13.4. The van der Waals surface area contributed by atoms with E-state index in [1.165, 1.54) is 23.8 Å². The number of amides is 2. The molecule has 150 valence electrons. The monoisotopic (exact) mass is 431 g/mol. The Bertz CT molecular complexity index is 978. The lowest BCUT2D eigenvalue weighted by Crippen LogP contribution is -2.30. The molecule has 0 aliphatic carbocycles. The number of aliphatic imine (C=N–C) groups is 1. The molecule has 0 bridgehead atoms. The Labute approximate surface area is 177 Å². The lowest BCUT2D eigenvalue weighted by Gasteiger charge is -2.10. The van der Waals surface area contributed by atoms with Gasteiger partial charge in [0, 0.05) is 13.5 Å². The average Bonchev–Trinajstić information content (AvgIpc) is 2.97. The van der Waals surface area contributed by atoms with Gasteiger partial charge in [-0.25, -0.2) is 9.79 Å². The first-order valence-corrected chi connectivity index (χ1v) is 9.90. The van der Waals surface area contributed by atoms with Gasteiger partial charge in [-0.2, -0.15) is 0 Å². The SMILES string of the molecule is COC(=O)c1ccc(N=C2S[C@@H](CC(=O)Nc3ccccc3Cl)C(=O)N2C)cc1. The minimum absolute atomic E-state index is 0.000633. The summed E-state index contributed by atoms with van der Waals surface area (Å²) in [6.45, 7) is 0. The van der Waals surface area contributed by atoms with E-state index in [1.54, 1.807) is 55.6 Å². The number of ether oxygens (including phenoxy) is 1. The molecule has 1 aliphatic heterocycles. The molecule has 9 heteroatoms. The lowest BCUT2D eigenvalue weighted by molar-refractivity contribution is -0.127. The van der Waals surface area contributed by atoms with Crippen molar-refractivity contribution in [2.24, 2.45) is 4.99 Å². The number of nitrogens with one attached hydrogen (secondary N) is 1. The van der Waals surface area contributed by atoms with E-state index in [2.05, 4.69) is 15.0 Å². The minimum atomic E-state index is -0.574. The third-order valence-electron chi connectivity index (χ3n) is 4.17. The predicted molar refractivity (Wildman–Crippen MR) is 114 cm³/mol. The zero-order valence-corrected chi connectivity index (χ0v) is 17.3. The maximum Gasteiger partial charge on any atom is 0.337 e. The van der Waals surface area contributed by atoms with Crippen LogP contribution in [0.1, 0.15) is 16.8 Å². The zero-order chi connectivity index (χ0) is 21.0. The number of rotatable bonds is 5. The van der Waals surface area contributed by atoms with Crippen LogP contribution in [0.3, 0.4) is 0 Å². The first-order valence-electron chi connectivity index (χ1n) is 8.64. The molecule has 0 spiro atoms. The van der Waals surface area contributed by atoms with E-state index in [4.69, 9.17) is 11.6 Å². The van der Waals surface area contributed by atoms with Gasteiger partial charge in [-0.1, -0.05) is 35.5 Å². The van der Waals surface area contributed by atoms with Crippen LogP contribution >= 0.6 is 23.4 Å². The van der Waals surface area contributed by atoms with Crippen molar-refractivity contribution in [2.45, 2.75) is 11.7 Å². The van der Waals surface area contributed by atoms with Gasteiger partial charge in [0.05, 0.1) is 29.1 Å². The molecular formula is C20H18ClN3O4S. The normalized spacial score (nSPS) is 17.5. The number of carbonyl (C=O) groups excluding carboxylic acids is 3. The molecule has 0 unspecified atom stereocenters. The molecule has 2 amide bonds. The number of para-hydroxylation sites is 1. The van der Waals surface area contributed by atoms with Crippen molar-refractivity contribution in [3.05, 3.63) is 59.1 Å². The van der Waals surface area contributed by atoms with E-state index in [-0.39, 0.29) is 18.2 Å². The van der Waals surface area contributed by atoms with Crippen molar-refractivity contribution in [1.82, 2.24) is 4.90 Å². The van der Waals surface area contributed by atoms with Gasteiger partial charge in [-0.05, 0) is 36.4 Å². The van der Waals surface area contributed by atoms with Gasteiger partial charge in [-0.15, -0.1) is 0 Å². The van der Waals surface area contributed by atoms with Gasteiger partial charge in [0.15, 0.2) is 5.17 Å². The fourth-order valence-electron chi connectivity index (χ4n) is 2.63. The van der Waals surface area contributed by atoms with Crippen molar-refractivity contribution in [1.29, 1.82) is 0 Å². The first-order chi connectivity index (χ1) is 13.9. The number of halogens is 1. The van der Waals surface area contributed by atoms with Gasteiger partial charge < -0.3 is 10.1 Å². The summed E-state index contributed by atoms with van der Waals surface area (Å²) in [5.41, 5.74) is 1.50. The Morgan fingerprint density at radius 3 is 2.55 bits per heavy atom. The highest BCUT2D eigenvalue weighted by Gasteiger charge is 2.37. The summed E-state index contributed by atoms with van der Waals surface area (Å²) < 4.78 is 4.66. The number of methoxy groups -OCH3 is 1. The van der Waals surface area contributed by atoms with Gasteiger partial charge >= 0.3 is 5.97 Å². The Balaban J connectivity index is 1.67. The molecule has 1 aliphatic rings. The maximum absolute atomic E-state index is 12.5. The molecule has 0 radical (unpaired) electrons. The van der Waals surface area contributed by atoms with E-state index in [1.807, 2.05) is 0 Å². The van der Waals surface area contributed by atoms with Crippen LogP contribution in [0.5, 0.6) is 0 Å². The summed E-state index contributed by atoms with van der Waals surface area (Å²) in [6.07, 6.45) is -0.000633. The first kappa shape index (κ1) is 20.9. The number of hydrogen-bond donors (Lipinski definition) is 1. The number of anilines is 1. The van der Waals surface area contributed by atoms with Crippen molar-refractivity contribution in [3.8, 4) is 0 Å². The average molecular weight is 432 g/mol. The second-order valence-corrected chi connectivity index (χ2v) is 7.75. The van der Waals surface area contributed by atoms with Crippen LogP contribution in [0.15, 0.2) is 53.5 Å². The minimum Gasteiger partial charge on any atom is -0.465 e. The summed E-state index contributed by atoms with van der Waals surface area (Å²) in [5.74, 6) is -0.938. The third-order valence-corrected chi connectivity index (χ3v) is 5.73. The van der Waals surface area contributed by atoms with E-state index in [9.17, 15) is 14.4 Å². The molecule has 1 atom stereocenters. The molecule has 7 nitrogen and oxygen atoms in total. The third kappa shape index (κ3) is 4.96. The number of benzene rings is 2. The molecule has 29 heavy (non-hydrogen) atoms. The van der Waals surface area contributed by atoms with Gasteiger partial charge in [0.25, 0.3) is 0 Å². The molecule has 3 rings (SSSR count). The lowest BCUT2D eigenvalue weighted by atomic mass is 10.2. The standard InChI is InChI=1S/C20H18ClN3O4S/c1-24-18(26)16(11-17(25)23-15-6-4-3-5-14(15)21)29-20(24)22-13-9-7-12(8-10-13)19(27)28-2/h3-10,16H,11H2,1-2H3,(H,23,25)/t16-/m0/s1. The Morgan fingerprint density at radius 1 is 1.21 bits per heavy atom. The van der Waals surface area contributed by atoms with Crippen molar-refractivity contribution in [2.75, 3.05) is 19.5 Å². The fraction of sp³-hybridized carbons (Fsp3) is 0.200. The van der Waals surface area contributed by atoms with E-state index < -0.39 is 11.2 Å². The molecule has 2 aromatic rings. The molecule has 1 heterocycles. The number of thioether (sulfide) groups is 1. The largest absolute Gasteiger partial charge is 0.465 e. The molecule has 1 N–H and O–H groups in total. The van der Waals surface area contributed by atoms with Crippen LogP contribution in [-0.4, -0.2) is 47.3 Å². The summed E-state index contributed by atoms with van der Waals surface area (Å²) >= 11 is 7.27. The van der Waals surface area contributed by atoms with Crippen molar-refractivity contribution in [3.63, 3.8) is 0 Å².